The van der Waals surface area contributed by atoms with Crippen LogP contribution in [0.2, 0.25) is 0 Å². The van der Waals surface area contributed by atoms with E-state index in [0.717, 1.165) is 22.8 Å². The predicted molar refractivity (Wildman–Crippen MR) is 72.0 cm³/mol. The van der Waals surface area contributed by atoms with E-state index in [1.165, 1.54) is 5.56 Å². The number of aromatic amines is 1. The molecule has 1 saturated carbocycles. The number of nitrogens with one attached hydrogen (secondary N) is 1. The SMILES string of the molecule is Cc1ccc(-c2nc(C3CC3C(=O)O)[nH]c2C)cc1. The number of carbonyl (C=O) groups is 1. The molecule has 0 aliphatic heterocycles. The predicted octanol–water partition coefficient (Wildman–Crippen LogP) is 2.88. The van der Waals surface area contributed by atoms with Crippen molar-refractivity contribution in [3.8, 4) is 11.3 Å². The van der Waals surface area contributed by atoms with Crippen molar-refractivity contribution in [2.45, 2.75) is 26.2 Å². The first-order chi connectivity index (χ1) is 9.06. The third kappa shape index (κ3) is 2.14. The normalized spacial score (nSPS) is 21.4. The molecule has 19 heavy (non-hydrogen) atoms. The summed E-state index contributed by atoms with van der Waals surface area (Å²) in [5, 5.41) is 8.97. The van der Waals surface area contributed by atoms with Gasteiger partial charge in [-0.15, -0.1) is 0 Å². The number of aryl methyl sites for hydroxylation is 2. The fraction of sp³-hybridized carbons (Fsp3) is 0.333. The number of aliphatic carboxylic acids is 1. The quantitative estimate of drug-likeness (QED) is 0.887. The van der Waals surface area contributed by atoms with Gasteiger partial charge in [-0.3, -0.25) is 4.79 Å². The number of imidazole rings is 1. The number of carboxylic acids is 1. The van der Waals surface area contributed by atoms with Crippen molar-refractivity contribution in [3.05, 3.63) is 41.3 Å². The minimum atomic E-state index is -0.726. The van der Waals surface area contributed by atoms with Crippen LogP contribution in [0.25, 0.3) is 11.3 Å². The summed E-state index contributed by atoms with van der Waals surface area (Å²) in [5.41, 5.74) is 4.20. The van der Waals surface area contributed by atoms with Gasteiger partial charge < -0.3 is 10.1 Å². The van der Waals surface area contributed by atoms with Crippen molar-refractivity contribution < 1.29 is 9.90 Å². The molecule has 2 aromatic rings. The molecule has 1 fully saturated rings. The Labute approximate surface area is 111 Å². The maximum absolute atomic E-state index is 10.9. The molecule has 0 spiro atoms. The van der Waals surface area contributed by atoms with E-state index in [1.54, 1.807) is 0 Å². The van der Waals surface area contributed by atoms with E-state index in [9.17, 15) is 4.79 Å². The molecule has 0 radical (unpaired) electrons. The Balaban J connectivity index is 1.90. The maximum Gasteiger partial charge on any atom is 0.307 e. The molecule has 1 aliphatic rings. The summed E-state index contributed by atoms with van der Waals surface area (Å²) in [4.78, 5) is 18.7. The third-order valence-electron chi connectivity index (χ3n) is 3.69. The van der Waals surface area contributed by atoms with Crippen LogP contribution in [0.1, 0.15) is 29.4 Å². The molecule has 0 saturated heterocycles. The number of nitrogens with zero attached hydrogens (tertiary/aromatic N) is 1. The van der Waals surface area contributed by atoms with Crippen LogP contribution in [-0.4, -0.2) is 21.0 Å². The zero-order valence-electron chi connectivity index (χ0n) is 11.0. The molecule has 4 heteroatoms. The van der Waals surface area contributed by atoms with E-state index >= 15 is 0 Å². The third-order valence-corrected chi connectivity index (χ3v) is 3.69. The Morgan fingerprint density at radius 2 is 2.00 bits per heavy atom. The number of rotatable bonds is 3. The highest BCUT2D eigenvalue weighted by Gasteiger charge is 2.46. The molecule has 3 rings (SSSR count). The van der Waals surface area contributed by atoms with Gasteiger partial charge in [-0.05, 0) is 20.3 Å². The van der Waals surface area contributed by atoms with Crippen molar-refractivity contribution >= 4 is 5.97 Å². The molecular formula is C15H16N2O2. The van der Waals surface area contributed by atoms with Crippen LogP contribution in [0.5, 0.6) is 0 Å². The number of hydrogen-bond donors (Lipinski definition) is 2. The van der Waals surface area contributed by atoms with Gasteiger partial charge >= 0.3 is 5.97 Å². The van der Waals surface area contributed by atoms with E-state index < -0.39 is 5.97 Å². The van der Waals surface area contributed by atoms with Crippen molar-refractivity contribution in [1.29, 1.82) is 0 Å². The summed E-state index contributed by atoms with van der Waals surface area (Å²) in [7, 11) is 0. The molecule has 1 aromatic heterocycles. The van der Waals surface area contributed by atoms with Crippen LogP contribution in [0.4, 0.5) is 0 Å². The summed E-state index contributed by atoms with van der Waals surface area (Å²) in [5.74, 6) is -0.136. The fourth-order valence-corrected chi connectivity index (χ4v) is 2.42. The molecule has 1 heterocycles. The maximum atomic E-state index is 10.9. The lowest BCUT2D eigenvalue weighted by molar-refractivity contribution is -0.138. The largest absolute Gasteiger partial charge is 0.481 e. The van der Waals surface area contributed by atoms with Crippen LogP contribution in [-0.2, 0) is 4.79 Å². The monoisotopic (exact) mass is 256 g/mol. The number of hydrogen-bond acceptors (Lipinski definition) is 2. The highest BCUT2D eigenvalue weighted by molar-refractivity contribution is 5.75. The zero-order valence-corrected chi connectivity index (χ0v) is 11.0. The van der Waals surface area contributed by atoms with Crippen LogP contribution in [0.15, 0.2) is 24.3 Å². The first-order valence-corrected chi connectivity index (χ1v) is 6.42. The smallest absolute Gasteiger partial charge is 0.307 e. The van der Waals surface area contributed by atoms with E-state index in [1.807, 2.05) is 26.0 Å². The Hall–Kier alpha value is -2.10. The van der Waals surface area contributed by atoms with Crippen LogP contribution in [0, 0.1) is 19.8 Å². The summed E-state index contributed by atoms with van der Waals surface area (Å²) in [6.45, 7) is 4.03. The van der Waals surface area contributed by atoms with Crippen molar-refractivity contribution in [1.82, 2.24) is 9.97 Å². The molecule has 1 aliphatic carbocycles. The van der Waals surface area contributed by atoms with Gasteiger partial charge in [0.25, 0.3) is 0 Å². The van der Waals surface area contributed by atoms with Gasteiger partial charge in [0, 0.05) is 17.2 Å². The Bertz CT molecular complexity index is 628. The second-order valence-electron chi connectivity index (χ2n) is 5.25. The van der Waals surface area contributed by atoms with Gasteiger partial charge in [-0.2, -0.15) is 0 Å². The minimum Gasteiger partial charge on any atom is -0.481 e. The molecule has 4 nitrogen and oxygen atoms in total. The van der Waals surface area contributed by atoms with Crippen LogP contribution < -0.4 is 0 Å². The second-order valence-corrected chi connectivity index (χ2v) is 5.25. The lowest BCUT2D eigenvalue weighted by Crippen LogP contribution is -1.99. The Kier molecular flexibility index (Phi) is 2.66. The average molecular weight is 256 g/mol. The molecule has 0 bridgehead atoms. The van der Waals surface area contributed by atoms with Crippen LogP contribution in [0.3, 0.4) is 0 Å². The molecule has 2 N–H and O–H groups in total. The number of benzene rings is 1. The van der Waals surface area contributed by atoms with Gasteiger partial charge in [-0.1, -0.05) is 29.8 Å². The fourth-order valence-electron chi connectivity index (χ4n) is 2.42. The zero-order chi connectivity index (χ0) is 13.6. The lowest BCUT2D eigenvalue weighted by atomic mass is 10.1. The average Bonchev–Trinajstić information content (AvgIpc) is 3.09. The number of H-pyrrole nitrogens is 1. The van der Waals surface area contributed by atoms with Crippen molar-refractivity contribution in [2.24, 2.45) is 5.92 Å². The van der Waals surface area contributed by atoms with E-state index in [-0.39, 0.29) is 11.8 Å². The van der Waals surface area contributed by atoms with Crippen molar-refractivity contribution in [3.63, 3.8) is 0 Å². The van der Waals surface area contributed by atoms with Gasteiger partial charge in [0.2, 0.25) is 0 Å². The number of aromatic nitrogens is 2. The summed E-state index contributed by atoms with van der Waals surface area (Å²) in [6, 6.07) is 8.20. The Morgan fingerprint density at radius 1 is 1.32 bits per heavy atom. The van der Waals surface area contributed by atoms with Gasteiger partial charge in [-0.25, -0.2) is 4.98 Å². The van der Waals surface area contributed by atoms with E-state index in [0.29, 0.717) is 6.42 Å². The molecule has 0 amide bonds. The van der Waals surface area contributed by atoms with E-state index in [4.69, 9.17) is 5.11 Å². The van der Waals surface area contributed by atoms with Gasteiger partial charge in [0.05, 0.1) is 11.6 Å². The molecule has 2 atom stereocenters. The number of carboxylic acid groups (broad SMARTS) is 1. The van der Waals surface area contributed by atoms with Crippen molar-refractivity contribution in [2.75, 3.05) is 0 Å². The minimum absolute atomic E-state index is 0.0513. The van der Waals surface area contributed by atoms with Crippen LogP contribution >= 0.6 is 0 Å². The topological polar surface area (TPSA) is 66.0 Å². The highest BCUT2D eigenvalue weighted by atomic mass is 16.4. The summed E-state index contributed by atoms with van der Waals surface area (Å²) < 4.78 is 0. The highest BCUT2D eigenvalue weighted by Crippen LogP contribution is 2.46. The Morgan fingerprint density at radius 3 is 2.58 bits per heavy atom. The molecule has 1 aromatic carbocycles. The first kappa shape index (κ1) is 12.0. The summed E-state index contributed by atoms with van der Waals surface area (Å²) in [6.07, 6.45) is 0.690. The summed E-state index contributed by atoms with van der Waals surface area (Å²) >= 11 is 0. The van der Waals surface area contributed by atoms with Gasteiger partial charge in [0.15, 0.2) is 0 Å². The van der Waals surface area contributed by atoms with Gasteiger partial charge in [0.1, 0.15) is 5.82 Å². The second kappa shape index (κ2) is 4.23. The first-order valence-electron chi connectivity index (χ1n) is 6.42. The molecule has 98 valence electrons. The van der Waals surface area contributed by atoms with E-state index in [2.05, 4.69) is 22.1 Å². The molecule has 2 unspecified atom stereocenters. The lowest BCUT2D eigenvalue weighted by Gasteiger charge is -1.98. The standard InChI is InChI=1S/C15H16N2O2/c1-8-3-5-10(6-4-8)13-9(2)16-14(17-13)11-7-12(11)15(18)19/h3-6,11-12H,7H2,1-2H3,(H,16,17)(H,18,19). The molecular weight excluding hydrogens is 240 g/mol.